The number of hydrogen-bond acceptors (Lipinski definition) is 7. The van der Waals surface area contributed by atoms with Crippen LogP contribution in [-0.2, 0) is 20.4 Å². The number of rotatable bonds is 3. The molecule has 0 amide bonds. The largest absolute Gasteiger partial charge is 1.00 e. The van der Waals surface area contributed by atoms with Gasteiger partial charge in [-0.2, -0.15) is 8.42 Å². The number of nitrogen functional groups attached to an aromatic ring is 1. The van der Waals surface area contributed by atoms with Gasteiger partial charge in [0.05, 0.1) is 4.90 Å². The third-order valence-corrected chi connectivity index (χ3v) is 3.33. The fraction of sp³-hybridized carbons (Fsp3) is 0. The molecule has 13 heteroatoms. The average molecular weight is 372 g/mol. The molecule has 0 radical (unpaired) electrons. The van der Waals surface area contributed by atoms with Gasteiger partial charge in [0.15, 0.2) is 0 Å². The van der Waals surface area contributed by atoms with Crippen LogP contribution in [0.4, 0.5) is 11.6 Å². The fourth-order valence-electron chi connectivity index (χ4n) is 1.18. The van der Waals surface area contributed by atoms with Gasteiger partial charge in [0, 0.05) is 18.1 Å². The molecule has 0 aliphatic carbocycles. The molecule has 0 bridgehead atoms. The molecule has 23 heavy (non-hydrogen) atoms. The number of nitrogens with two attached hydrogens (primary N) is 1. The Balaban J connectivity index is 0. The summed E-state index contributed by atoms with van der Waals surface area (Å²) in [6.07, 6.45) is 2.90. The van der Waals surface area contributed by atoms with Gasteiger partial charge in [-0.15, -0.1) is 0 Å². The van der Waals surface area contributed by atoms with E-state index in [1.807, 2.05) is 0 Å². The van der Waals surface area contributed by atoms with Gasteiger partial charge in [-0.3, -0.25) is 9.11 Å². The van der Waals surface area contributed by atoms with Gasteiger partial charge in [-0.1, -0.05) is 0 Å². The van der Waals surface area contributed by atoms with Crippen molar-refractivity contribution in [2.45, 2.75) is 4.90 Å². The smallest absolute Gasteiger partial charge is 1.00 e. The van der Waals surface area contributed by atoms with Crippen molar-refractivity contribution in [1.29, 1.82) is 0 Å². The van der Waals surface area contributed by atoms with E-state index in [-0.39, 0.29) is 41.8 Å². The van der Waals surface area contributed by atoms with Crippen molar-refractivity contribution in [3.8, 4) is 0 Å². The summed E-state index contributed by atoms with van der Waals surface area (Å²) in [5.41, 5.74) is 5.98. The fourth-order valence-corrected chi connectivity index (χ4v) is 2.14. The Labute approximate surface area is 156 Å². The second-order valence-corrected chi connectivity index (χ2v) is 6.27. The molecule has 0 fully saturated rings. The van der Waals surface area contributed by atoms with E-state index in [2.05, 4.69) is 14.7 Å². The van der Waals surface area contributed by atoms with Crippen molar-refractivity contribution in [3.05, 3.63) is 42.7 Å². The molecule has 0 atom stereocenters. The molecular weight excluding hydrogens is 359 g/mol. The van der Waals surface area contributed by atoms with E-state index in [9.17, 15) is 8.42 Å². The topological polar surface area (TPSA) is 173 Å². The molecule has 0 unspecified atom stereocenters. The second kappa shape index (κ2) is 9.12. The van der Waals surface area contributed by atoms with E-state index >= 15 is 0 Å². The molecular formula is C10H13N4NaO6S2. The maximum Gasteiger partial charge on any atom is 1.00 e. The van der Waals surface area contributed by atoms with Crippen LogP contribution in [-0.4, -0.2) is 35.9 Å². The predicted molar refractivity (Wildman–Crippen MR) is 79.0 cm³/mol. The minimum Gasteiger partial charge on any atom is -1.00 e. The van der Waals surface area contributed by atoms with Crippen LogP contribution in [0.2, 0.25) is 0 Å². The molecule has 5 N–H and O–H groups in total. The van der Waals surface area contributed by atoms with Gasteiger partial charge in [0.2, 0.25) is 5.95 Å². The van der Waals surface area contributed by atoms with Crippen LogP contribution in [0.25, 0.3) is 0 Å². The van der Waals surface area contributed by atoms with Gasteiger partial charge in [-0.25, -0.2) is 23.1 Å². The minimum absolute atomic E-state index is 0. The van der Waals surface area contributed by atoms with Crippen LogP contribution >= 0.6 is 0 Å². The Kier molecular flexibility index (Phi) is 8.61. The van der Waals surface area contributed by atoms with Crippen LogP contribution in [0.5, 0.6) is 0 Å². The second-order valence-electron chi connectivity index (χ2n) is 3.69. The Morgan fingerprint density at radius 3 is 1.87 bits per heavy atom. The van der Waals surface area contributed by atoms with E-state index in [1.165, 1.54) is 36.7 Å². The van der Waals surface area contributed by atoms with Crippen molar-refractivity contribution < 1.29 is 56.9 Å². The summed E-state index contributed by atoms with van der Waals surface area (Å²) >= 11 is 0. The molecule has 122 valence electrons. The summed E-state index contributed by atoms with van der Waals surface area (Å²) in [4.78, 5) is 7.67. The number of anilines is 2. The van der Waals surface area contributed by atoms with E-state index in [0.29, 0.717) is 5.69 Å². The molecule has 1 aromatic heterocycles. The number of nitrogens with one attached hydrogen (secondary N) is 1. The van der Waals surface area contributed by atoms with E-state index in [1.54, 1.807) is 6.07 Å². The summed E-state index contributed by atoms with van der Waals surface area (Å²) in [5.74, 6) is 0.0318. The Morgan fingerprint density at radius 2 is 1.43 bits per heavy atom. The third kappa shape index (κ3) is 9.45. The van der Waals surface area contributed by atoms with E-state index < -0.39 is 20.4 Å². The maximum absolute atomic E-state index is 11.9. The van der Waals surface area contributed by atoms with Crippen LogP contribution in [0, 0.1) is 0 Å². The summed E-state index contributed by atoms with van der Waals surface area (Å²) in [6.45, 7) is 0. The van der Waals surface area contributed by atoms with Crippen molar-refractivity contribution in [2.24, 2.45) is 0 Å². The summed E-state index contributed by atoms with van der Waals surface area (Å²) in [6, 6.07) is 7.46. The number of hydrogen-bond donors (Lipinski definition) is 4. The molecule has 2 aromatic rings. The summed E-state index contributed by atoms with van der Waals surface area (Å²) < 4.78 is 57.6. The molecule has 0 spiro atoms. The van der Waals surface area contributed by atoms with Gasteiger partial charge in [-0.05, 0) is 30.3 Å². The minimum atomic E-state index is -4.67. The van der Waals surface area contributed by atoms with Gasteiger partial charge in [0.25, 0.3) is 10.0 Å². The SMILES string of the molecule is Nc1ccc(S(=O)(=O)Nc2ncccn2)cc1.O=S(=O)(O)O.[H-].[Na+]. The maximum atomic E-state index is 11.9. The quantitative estimate of drug-likeness (QED) is 0.254. The van der Waals surface area contributed by atoms with Crippen molar-refractivity contribution in [2.75, 3.05) is 10.5 Å². The van der Waals surface area contributed by atoms with Crippen molar-refractivity contribution >= 4 is 32.1 Å². The molecule has 10 nitrogen and oxygen atoms in total. The van der Waals surface area contributed by atoms with Crippen LogP contribution in [0.3, 0.4) is 0 Å². The Hall–Kier alpha value is -1.28. The standard InChI is InChI=1S/C10H10N4O2S.Na.H2O4S.H/c11-8-2-4-9(5-3-8)17(15,16)14-10-12-6-1-7-13-10;;1-5(2,3)4;/h1-7H,11H2,(H,12,13,14);;(H2,1,2,3,4);/q;+1;;-1. The summed E-state index contributed by atoms with van der Waals surface area (Å²) in [7, 11) is -8.33. The number of nitrogens with zero attached hydrogens (tertiary/aromatic N) is 2. The molecule has 1 heterocycles. The first-order chi connectivity index (χ1) is 10.1. The summed E-state index contributed by atoms with van der Waals surface area (Å²) in [5, 5.41) is 0. The number of sulfonamides is 1. The zero-order chi connectivity index (χ0) is 16.8. The molecule has 0 aliphatic rings. The number of aromatic nitrogens is 2. The van der Waals surface area contributed by atoms with E-state index in [4.69, 9.17) is 23.3 Å². The van der Waals surface area contributed by atoms with Crippen molar-refractivity contribution in [1.82, 2.24) is 9.97 Å². The zero-order valence-corrected chi connectivity index (χ0v) is 15.5. The molecule has 0 aliphatic heterocycles. The van der Waals surface area contributed by atoms with E-state index in [0.717, 1.165) is 0 Å². The first-order valence-corrected chi connectivity index (χ1v) is 8.31. The van der Waals surface area contributed by atoms with Crippen LogP contribution < -0.4 is 40.0 Å². The first-order valence-electron chi connectivity index (χ1n) is 5.43. The zero-order valence-electron chi connectivity index (χ0n) is 12.9. The van der Waals surface area contributed by atoms with Gasteiger partial charge < -0.3 is 7.16 Å². The van der Waals surface area contributed by atoms with Gasteiger partial charge in [0.1, 0.15) is 0 Å². The molecule has 1 aromatic carbocycles. The number of benzene rings is 1. The Bertz CT molecular complexity index is 810. The van der Waals surface area contributed by atoms with Gasteiger partial charge >= 0.3 is 40.0 Å². The third-order valence-electron chi connectivity index (χ3n) is 1.98. The normalized spacial score (nSPS) is 10.7. The Morgan fingerprint density at radius 1 is 1.00 bits per heavy atom. The molecule has 0 saturated heterocycles. The first kappa shape index (κ1) is 21.7. The monoisotopic (exact) mass is 372 g/mol. The van der Waals surface area contributed by atoms with Crippen molar-refractivity contribution in [3.63, 3.8) is 0 Å². The molecule has 2 rings (SSSR count). The predicted octanol–water partition coefficient (Wildman–Crippen LogP) is -2.68. The van der Waals surface area contributed by atoms with Crippen LogP contribution in [0.15, 0.2) is 47.6 Å². The average Bonchev–Trinajstić information content (AvgIpc) is 2.38. The van der Waals surface area contributed by atoms with Crippen LogP contribution in [0.1, 0.15) is 1.43 Å². The molecule has 0 saturated carbocycles.